The van der Waals surface area contributed by atoms with Crippen LogP contribution in [0.25, 0.3) is 5.57 Å². The van der Waals surface area contributed by atoms with Gasteiger partial charge in [-0.15, -0.1) is 0 Å². The van der Waals surface area contributed by atoms with Gasteiger partial charge in [-0.1, -0.05) is 50.3 Å². The van der Waals surface area contributed by atoms with Crippen LogP contribution in [0.2, 0.25) is 0 Å². The van der Waals surface area contributed by atoms with Gasteiger partial charge in [0.05, 0.1) is 0 Å². The lowest BCUT2D eigenvalue weighted by atomic mass is 9.96. The molecule has 0 saturated carbocycles. The van der Waals surface area contributed by atoms with Crippen LogP contribution in [-0.4, -0.2) is 0 Å². The van der Waals surface area contributed by atoms with Gasteiger partial charge in [0.25, 0.3) is 0 Å². The van der Waals surface area contributed by atoms with Gasteiger partial charge < -0.3 is 0 Å². The summed E-state index contributed by atoms with van der Waals surface area (Å²) >= 11 is 0. The molecule has 0 aliphatic rings. The molecule has 1 aromatic carbocycles. The number of hydrogen-bond acceptors (Lipinski definition) is 0. The molecule has 0 nitrogen and oxygen atoms in total. The fraction of sp³-hybridized carbons (Fsp3) is 0.333. The van der Waals surface area contributed by atoms with Crippen molar-refractivity contribution in [2.75, 3.05) is 0 Å². The molecule has 0 saturated heterocycles. The highest BCUT2D eigenvalue weighted by Gasteiger charge is 2.02. The summed E-state index contributed by atoms with van der Waals surface area (Å²) in [4.78, 5) is 0. The van der Waals surface area contributed by atoms with Crippen LogP contribution >= 0.6 is 0 Å². The number of allylic oxidation sites excluding steroid dienone is 1. The molecule has 0 heterocycles. The molecule has 0 bridgehead atoms. The average Bonchev–Trinajstić information content (AvgIpc) is 2.03. The third-order valence-electron chi connectivity index (χ3n) is 2.09. The minimum atomic E-state index is 0.534. The zero-order valence-electron chi connectivity index (χ0n) is 8.09. The maximum atomic E-state index is 4.07. The molecule has 0 aromatic heterocycles. The molecule has 0 spiro atoms. The molecular weight excluding hydrogens is 144 g/mol. The molecule has 1 rings (SSSR count). The van der Waals surface area contributed by atoms with Crippen LogP contribution in [0.4, 0.5) is 0 Å². The second kappa shape index (κ2) is 3.57. The predicted octanol–water partition coefficient (Wildman–Crippen LogP) is 3.66. The number of rotatable bonds is 2. The zero-order valence-corrected chi connectivity index (χ0v) is 8.09. The van der Waals surface area contributed by atoms with E-state index < -0.39 is 0 Å². The van der Waals surface area contributed by atoms with Gasteiger partial charge in [0.1, 0.15) is 0 Å². The Balaban J connectivity index is 2.96. The van der Waals surface area contributed by atoms with Gasteiger partial charge in [0.15, 0.2) is 0 Å². The van der Waals surface area contributed by atoms with Gasteiger partial charge in [0.2, 0.25) is 0 Å². The van der Waals surface area contributed by atoms with Gasteiger partial charge in [-0.3, -0.25) is 0 Å². The Morgan fingerprint density at radius 2 is 2.00 bits per heavy atom. The lowest BCUT2D eigenvalue weighted by Crippen LogP contribution is -1.91. The van der Waals surface area contributed by atoms with E-state index in [1.54, 1.807) is 0 Å². The first-order valence-electron chi connectivity index (χ1n) is 4.37. The minimum absolute atomic E-state index is 0.534. The number of hydrogen-bond donors (Lipinski definition) is 0. The lowest BCUT2D eigenvalue weighted by molar-refractivity contribution is 0.857. The first kappa shape index (κ1) is 9.05. The third-order valence-corrected chi connectivity index (χ3v) is 2.09. The van der Waals surface area contributed by atoms with Gasteiger partial charge in [-0.05, 0) is 24.0 Å². The van der Waals surface area contributed by atoms with Crippen molar-refractivity contribution < 1.29 is 0 Å². The van der Waals surface area contributed by atoms with E-state index in [2.05, 4.69) is 51.6 Å². The van der Waals surface area contributed by atoms with Crippen LogP contribution in [0.1, 0.15) is 25.0 Å². The molecule has 0 unspecified atom stereocenters. The molecule has 0 fully saturated rings. The van der Waals surface area contributed by atoms with E-state index in [1.807, 2.05) is 0 Å². The van der Waals surface area contributed by atoms with E-state index in [1.165, 1.54) is 16.7 Å². The molecular formula is C12H16. The quantitative estimate of drug-likeness (QED) is 0.619. The first-order chi connectivity index (χ1) is 5.61. The molecule has 0 aliphatic carbocycles. The number of benzene rings is 1. The fourth-order valence-electron chi connectivity index (χ4n) is 1.18. The van der Waals surface area contributed by atoms with Crippen molar-refractivity contribution >= 4 is 5.57 Å². The summed E-state index contributed by atoms with van der Waals surface area (Å²) in [5, 5.41) is 0. The van der Waals surface area contributed by atoms with E-state index in [9.17, 15) is 0 Å². The molecule has 64 valence electrons. The molecule has 0 amide bonds. The van der Waals surface area contributed by atoms with E-state index in [-0.39, 0.29) is 0 Å². The van der Waals surface area contributed by atoms with Gasteiger partial charge >= 0.3 is 0 Å². The average molecular weight is 160 g/mol. The zero-order chi connectivity index (χ0) is 9.14. The Bertz CT molecular complexity index is 282. The van der Waals surface area contributed by atoms with Crippen molar-refractivity contribution in [2.45, 2.75) is 20.8 Å². The molecule has 0 heteroatoms. The van der Waals surface area contributed by atoms with Crippen LogP contribution < -0.4 is 0 Å². The van der Waals surface area contributed by atoms with Crippen LogP contribution in [0.5, 0.6) is 0 Å². The summed E-state index contributed by atoms with van der Waals surface area (Å²) in [5.74, 6) is 0.534. The van der Waals surface area contributed by atoms with Gasteiger partial charge in [0, 0.05) is 0 Å². The standard InChI is InChI=1S/C12H16/c1-9(2)11(4)12-7-5-6-10(3)8-12/h5-9H,4H2,1-3H3. The summed E-state index contributed by atoms with van der Waals surface area (Å²) in [6, 6.07) is 8.49. The smallest absolute Gasteiger partial charge is 0.0219 e. The van der Waals surface area contributed by atoms with Crippen molar-refractivity contribution in [3.63, 3.8) is 0 Å². The molecule has 0 radical (unpaired) electrons. The second-order valence-electron chi connectivity index (χ2n) is 3.55. The first-order valence-corrected chi connectivity index (χ1v) is 4.37. The van der Waals surface area contributed by atoms with Crippen LogP contribution in [0.15, 0.2) is 30.8 Å². The Morgan fingerprint density at radius 3 is 2.50 bits per heavy atom. The Kier molecular flexibility index (Phi) is 2.69. The molecule has 1 aromatic rings. The molecule has 0 N–H and O–H groups in total. The summed E-state index contributed by atoms with van der Waals surface area (Å²) in [6.07, 6.45) is 0. The van der Waals surface area contributed by atoms with Crippen molar-refractivity contribution in [3.8, 4) is 0 Å². The Labute approximate surface area is 74.9 Å². The molecule has 0 atom stereocenters. The summed E-state index contributed by atoms with van der Waals surface area (Å²) in [5.41, 5.74) is 3.79. The highest BCUT2D eigenvalue weighted by molar-refractivity contribution is 5.65. The SMILES string of the molecule is C=C(c1cccc(C)c1)C(C)C. The highest BCUT2D eigenvalue weighted by Crippen LogP contribution is 2.21. The normalized spacial score (nSPS) is 10.3. The van der Waals surface area contributed by atoms with Crippen molar-refractivity contribution in [1.82, 2.24) is 0 Å². The predicted molar refractivity (Wildman–Crippen MR) is 55.1 cm³/mol. The topological polar surface area (TPSA) is 0 Å². The lowest BCUT2D eigenvalue weighted by Gasteiger charge is -2.09. The molecule has 0 aliphatic heterocycles. The molecule has 12 heavy (non-hydrogen) atoms. The summed E-state index contributed by atoms with van der Waals surface area (Å²) in [6.45, 7) is 10.5. The summed E-state index contributed by atoms with van der Waals surface area (Å²) in [7, 11) is 0. The monoisotopic (exact) mass is 160 g/mol. The number of aryl methyl sites for hydroxylation is 1. The minimum Gasteiger partial charge on any atom is -0.0950 e. The van der Waals surface area contributed by atoms with Crippen molar-refractivity contribution in [3.05, 3.63) is 42.0 Å². The van der Waals surface area contributed by atoms with Crippen LogP contribution in [0.3, 0.4) is 0 Å². The maximum absolute atomic E-state index is 4.07. The fourth-order valence-corrected chi connectivity index (χ4v) is 1.18. The van der Waals surface area contributed by atoms with E-state index in [0.29, 0.717) is 5.92 Å². The van der Waals surface area contributed by atoms with Gasteiger partial charge in [-0.2, -0.15) is 0 Å². The van der Waals surface area contributed by atoms with Crippen LogP contribution in [-0.2, 0) is 0 Å². The largest absolute Gasteiger partial charge is 0.0950 e. The van der Waals surface area contributed by atoms with E-state index >= 15 is 0 Å². The van der Waals surface area contributed by atoms with Gasteiger partial charge in [-0.25, -0.2) is 0 Å². The second-order valence-corrected chi connectivity index (χ2v) is 3.55. The van der Waals surface area contributed by atoms with E-state index in [4.69, 9.17) is 0 Å². The summed E-state index contributed by atoms with van der Waals surface area (Å²) < 4.78 is 0. The Morgan fingerprint density at radius 1 is 1.33 bits per heavy atom. The van der Waals surface area contributed by atoms with E-state index in [0.717, 1.165) is 0 Å². The van der Waals surface area contributed by atoms with Crippen molar-refractivity contribution in [2.24, 2.45) is 5.92 Å². The maximum Gasteiger partial charge on any atom is -0.0219 e. The van der Waals surface area contributed by atoms with Crippen molar-refractivity contribution in [1.29, 1.82) is 0 Å². The third kappa shape index (κ3) is 1.97. The highest BCUT2D eigenvalue weighted by atomic mass is 14.1. The Hall–Kier alpha value is -1.04. The van der Waals surface area contributed by atoms with Crippen LogP contribution in [0, 0.1) is 12.8 Å².